The molecule has 0 amide bonds. The van der Waals surface area contributed by atoms with E-state index in [2.05, 4.69) is 78.0 Å². The number of benzene rings is 1. The van der Waals surface area contributed by atoms with Gasteiger partial charge in [-0.1, -0.05) is 13.3 Å². The summed E-state index contributed by atoms with van der Waals surface area (Å²) >= 11 is 0. The Morgan fingerprint density at radius 2 is 1.80 bits per heavy atom. The summed E-state index contributed by atoms with van der Waals surface area (Å²) in [5.41, 5.74) is 3.55. The van der Waals surface area contributed by atoms with E-state index >= 15 is 0 Å². The summed E-state index contributed by atoms with van der Waals surface area (Å²) in [6.45, 7) is 11.7. The maximum Gasteiger partial charge on any atom is 0.135 e. The highest BCUT2D eigenvalue weighted by molar-refractivity contribution is 5.66. The second-order valence-electron chi connectivity index (χ2n) is 6.33. The first-order valence-corrected chi connectivity index (χ1v) is 9.24. The summed E-state index contributed by atoms with van der Waals surface area (Å²) in [5, 5.41) is 3.43. The normalized spacial score (nSPS) is 10.6. The number of hydrogen-bond acceptors (Lipinski definition) is 5. The first-order valence-electron chi connectivity index (χ1n) is 9.24. The van der Waals surface area contributed by atoms with Crippen molar-refractivity contribution in [2.24, 2.45) is 0 Å². The Hall–Kier alpha value is -2.30. The van der Waals surface area contributed by atoms with Gasteiger partial charge in [0.15, 0.2) is 0 Å². The van der Waals surface area contributed by atoms with Crippen molar-refractivity contribution >= 4 is 23.0 Å². The third-order valence-corrected chi connectivity index (χ3v) is 4.49. The molecule has 0 spiro atoms. The molecule has 5 nitrogen and oxygen atoms in total. The van der Waals surface area contributed by atoms with E-state index in [1.54, 1.807) is 6.33 Å². The van der Waals surface area contributed by atoms with Crippen molar-refractivity contribution in [2.75, 3.05) is 41.8 Å². The minimum absolute atomic E-state index is 0.826. The fourth-order valence-corrected chi connectivity index (χ4v) is 2.85. The molecule has 1 aromatic heterocycles. The van der Waals surface area contributed by atoms with E-state index in [4.69, 9.17) is 0 Å². The summed E-state index contributed by atoms with van der Waals surface area (Å²) in [5.74, 6) is 1.77. The number of nitrogens with zero attached hydrogens (tertiary/aromatic N) is 4. The molecule has 25 heavy (non-hydrogen) atoms. The predicted molar refractivity (Wildman–Crippen MR) is 108 cm³/mol. The molecule has 2 aromatic rings. The molecular weight excluding hydrogens is 310 g/mol. The van der Waals surface area contributed by atoms with Crippen LogP contribution in [-0.4, -0.2) is 36.6 Å². The topological polar surface area (TPSA) is 44.3 Å². The SMILES string of the molecule is CCCCN(C)c1cc(Nc2ccc(N(CC)CC)cc2C)ncn1. The number of unbranched alkanes of at least 4 members (excludes halogenated alkanes) is 1. The first kappa shape index (κ1) is 19.0. The van der Waals surface area contributed by atoms with Gasteiger partial charge in [-0.05, 0) is 51.0 Å². The maximum atomic E-state index is 4.38. The van der Waals surface area contributed by atoms with Crippen LogP contribution in [0.15, 0.2) is 30.6 Å². The van der Waals surface area contributed by atoms with Crippen molar-refractivity contribution in [3.8, 4) is 0 Å². The van der Waals surface area contributed by atoms with Crippen molar-refractivity contribution in [2.45, 2.75) is 40.5 Å². The van der Waals surface area contributed by atoms with Gasteiger partial charge in [0.05, 0.1) is 0 Å². The monoisotopic (exact) mass is 341 g/mol. The molecule has 0 saturated heterocycles. The third kappa shape index (κ3) is 5.08. The Balaban J connectivity index is 2.14. The number of nitrogens with one attached hydrogen (secondary N) is 1. The van der Waals surface area contributed by atoms with Gasteiger partial charge in [0, 0.05) is 44.1 Å². The molecule has 0 bridgehead atoms. The van der Waals surface area contributed by atoms with Crippen molar-refractivity contribution < 1.29 is 0 Å². The Morgan fingerprint density at radius 1 is 1.04 bits per heavy atom. The number of anilines is 4. The molecule has 0 unspecified atom stereocenters. The van der Waals surface area contributed by atoms with Gasteiger partial charge >= 0.3 is 0 Å². The van der Waals surface area contributed by atoms with Crippen molar-refractivity contribution in [3.05, 3.63) is 36.2 Å². The van der Waals surface area contributed by atoms with Crippen LogP contribution in [0.3, 0.4) is 0 Å². The quantitative estimate of drug-likeness (QED) is 0.721. The lowest BCUT2D eigenvalue weighted by molar-refractivity contribution is 0.758. The summed E-state index contributed by atoms with van der Waals surface area (Å²) < 4.78 is 0. The van der Waals surface area contributed by atoms with Crippen LogP contribution in [0.4, 0.5) is 23.0 Å². The molecule has 0 radical (unpaired) electrons. The van der Waals surface area contributed by atoms with Gasteiger partial charge in [0.2, 0.25) is 0 Å². The lowest BCUT2D eigenvalue weighted by Crippen LogP contribution is -2.21. The van der Waals surface area contributed by atoms with Crippen LogP contribution in [0.2, 0.25) is 0 Å². The van der Waals surface area contributed by atoms with Gasteiger partial charge in [-0.15, -0.1) is 0 Å². The second kappa shape index (κ2) is 9.25. The van der Waals surface area contributed by atoms with Crippen LogP contribution in [0.1, 0.15) is 39.2 Å². The van der Waals surface area contributed by atoms with Crippen molar-refractivity contribution in [3.63, 3.8) is 0 Å². The Kier molecular flexibility index (Phi) is 7.04. The van der Waals surface area contributed by atoms with Crippen LogP contribution in [0.5, 0.6) is 0 Å². The van der Waals surface area contributed by atoms with Crippen LogP contribution in [0.25, 0.3) is 0 Å². The standard InChI is InChI=1S/C20H31N5/c1-6-9-12-24(5)20-14-19(21-15-22-20)23-18-11-10-17(13-16(18)4)25(7-2)8-3/h10-11,13-15H,6-9,12H2,1-5H3,(H,21,22,23). The fraction of sp³-hybridized carbons (Fsp3) is 0.500. The van der Waals surface area contributed by atoms with Gasteiger partial charge < -0.3 is 15.1 Å². The zero-order valence-corrected chi connectivity index (χ0v) is 16.2. The molecule has 0 atom stereocenters. The minimum Gasteiger partial charge on any atom is -0.372 e. The lowest BCUT2D eigenvalue weighted by atomic mass is 10.1. The largest absolute Gasteiger partial charge is 0.372 e. The van der Waals surface area contributed by atoms with E-state index < -0.39 is 0 Å². The van der Waals surface area contributed by atoms with Gasteiger partial charge in [-0.3, -0.25) is 0 Å². The zero-order valence-electron chi connectivity index (χ0n) is 16.2. The summed E-state index contributed by atoms with van der Waals surface area (Å²) in [4.78, 5) is 13.3. The van der Waals surface area contributed by atoms with E-state index in [1.807, 2.05) is 6.07 Å². The number of rotatable bonds is 9. The molecule has 1 N–H and O–H groups in total. The summed E-state index contributed by atoms with van der Waals surface area (Å²) in [7, 11) is 2.08. The molecule has 2 rings (SSSR count). The molecule has 0 aliphatic rings. The molecule has 1 heterocycles. The van der Waals surface area contributed by atoms with Crippen molar-refractivity contribution in [1.82, 2.24) is 9.97 Å². The predicted octanol–water partition coefficient (Wildman–Crippen LogP) is 4.61. The van der Waals surface area contributed by atoms with E-state index in [1.165, 1.54) is 17.7 Å². The van der Waals surface area contributed by atoms with E-state index in [9.17, 15) is 0 Å². The lowest BCUT2D eigenvalue weighted by Gasteiger charge is -2.22. The average Bonchev–Trinajstić information content (AvgIpc) is 2.63. The Bertz CT molecular complexity index is 667. The Labute approximate surface area is 152 Å². The molecule has 0 aliphatic heterocycles. The molecular formula is C20H31N5. The van der Waals surface area contributed by atoms with Crippen LogP contribution in [0, 0.1) is 6.92 Å². The number of aryl methyl sites for hydroxylation is 1. The Morgan fingerprint density at radius 3 is 2.44 bits per heavy atom. The highest BCUT2D eigenvalue weighted by atomic mass is 15.2. The number of hydrogen-bond donors (Lipinski definition) is 1. The maximum absolute atomic E-state index is 4.38. The molecule has 1 aromatic carbocycles. The highest BCUT2D eigenvalue weighted by Gasteiger charge is 2.08. The van der Waals surface area contributed by atoms with Gasteiger partial charge in [0.25, 0.3) is 0 Å². The smallest absolute Gasteiger partial charge is 0.135 e. The zero-order chi connectivity index (χ0) is 18.2. The van der Waals surface area contributed by atoms with Gasteiger partial charge in [-0.2, -0.15) is 0 Å². The fourth-order valence-electron chi connectivity index (χ4n) is 2.85. The summed E-state index contributed by atoms with van der Waals surface area (Å²) in [6.07, 6.45) is 3.97. The first-order chi connectivity index (χ1) is 12.1. The molecule has 5 heteroatoms. The van der Waals surface area contributed by atoms with E-state index in [0.717, 1.165) is 43.4 Å². The second-order valence-corrected chi connectivity index (χ2v) is 6.33. The molecule has 0 saturated carbocycles. The highest BCUT2D eigenvalue weighted by Crippen LogP contribution is 2.25. The van der Waals surface area contributed by atoms with Crippen molar-refractivity contribution in [1.29, 1.82) is 0 Å². The summed E-state index contributed by atoms with van der Waals surface area (Å²) in [6, 6.07) is 8.53. The average molecular weight is 342 g/mol. The molecule has 136 valence electrons. The van der Waals surface area contributed by atoms with E-state index in [-0.39, 0.29) is 0 Å². The van der Waals surface area contributed by atoms with Gasteiger partial charge in [0.1, 0.15) is 18.0 Å². The minimum atomic E-state index is 0.826. The number of aromatic nitrogens is 2. The van der Waals surface area contributed by atoms with Crippen LogP contribution in [-0.2, 0) is 0 Å². The molecule has 0 fully saturated rings. The molecule has 0 aliphatic carbocycles. The van der Waals surface area contributed by atoms with Crippen LogP contribution < -0.4 is 15.1 Å². The van der Waals surface area contributed by atoms with Gasteiger partial charge in [-0.25, -0.2) is 9.97 Å². The third-order valence-electron chi connectivity index (χ3n) is 4.49. The van der Waals surface area contributed by atoms with Crippen LogP contribution >= 0.6 is 0 Å². The van der Waals surface area contributed by atoms with E-state index in [0.29, 0.717) is 0 Å².